The van der Waals surface area contributed by atoms with Gasteiger partial charge < -0.3 is 15.4 Å². The molecule has 0 aliphatic heterocycles. The number of anilines is 1. The maximum atomic E-state index is 12.1. The normalized spacial score (nSPS) is 10.4. The van der Waals surface area contributed by atoms with Crippen LogP contribution in [0.4, 0.5) is 5.69 Å². The molecule has 21 heavy (non-hydrogen) atoms. The molecule has 0 spiro atoms. The van der Waals surface area contributed by atoms with Gasteiger partial charge in [-0.25, -0.2) is 0 Å². The predicted octanol–water partition coefficient (Wildman–Crippen LogP) is 3.36. The summed E-state index contributed by atoms with van der Waals surface area (Å²) in [5, 5.41) is 6.19. The number of amides is 1. The molecule has 1 aromatic rings. The van der Waals surface area contributed by atoms with Crippen molar-refractivity contribution in [2.45, 2.75) is 40.0 Å². The molecule has 0 fully saturated rings. The maximum absolute atomic E-state index is 12.1. The predicted molar refractivity (Wildman–Crippen MR) is 88.0 cm³/mol. The summed E-state index contributed by atoms with van der Waals surface area (Å²) in [5.74, 6) is -0.0101. The van der Waals surface area contributed by atoms with Gasteiger partial charge in [-0.05, 0) is 50.5 Å². The second kappa shape index (κ2) is 10.2. The third-order valence-electron chi connectivity index (χ3n) is 3.25. The van der Waals surface area contributed by atoms with Crippen LogP contribution in [-0.4, -0.2) is 32.2 Å². The molecule has 0 bridgehead atoms. The van der Waals surface area contributed by atoms with Gasteiger partial charge in [0.05, 0.1) is 0 Å². The molecule has 4 heteroatoms. The molecule has 0 unspecified atom stereocenters. The topological polar surface area (TPSA) is 50.4 Å². The van der Waals surface area contributed by atoms with Crippen molar-refractivity contribution in [1.29, 1.82) is 0 Å². The molecule has 4 nitrogen and oxygen atoms in total. The van der Waals surface area contributed by atoms with Crippen LogP contribution in [0.5, 0.6) is 0 Å². The number of aryl methyl sites for hydroxylation is 1. The van der Waals surface area contributed by atoms with E-state index in [1.165, 1.54) is 0 Å². The van der Waals surface area contributed by atoms with Crippen molar-refractivity contribution in [2.75, 3.05) is 31.6 Å². The number of rotatable bonds is 10. The van der Waals surface area contributed by atoms with Gasteiger partial charge in [0.25, 0.3) is 5.91 Å². The van der Waals surface area contributed by atoms with E-state index in [2.05, 4.69) is 24.5 Å². The van der Waals surface area contributed by atoms with Crippen molar-refractivity contribution in [3.63, 3.8) is 0 Å². The van der Waals surface area contributed by atoms with Crippen LogP contribution in [0.15, 0.2) is 18.2 Å². The molecule has 0 aliphatic carbocycles. The molecule has 1 rings (SSSR count). The molecule has 0 aliphatic rings. The standard InChI is InChI=1S/C17H28N2O2/c1-4-6-11-21-12-7-10-19-17(20)16-9-8-15(18-5-2)13-14(16)3/h8-9,13,18H,4-7,10-12H2,1-3H3,(H,19,20). The molecular weight excluding hydrogens is 264 g/mol. The number of carbonyl (C=O) groups is 1. The van der Waals surface area contributed by atoms with Crippen molar-refractivity contribution >= 4 is 11.6 Å². The van der Waals surface area contributed by atoms with Gasteiger partial charge in [0.2, 0.25) is 0 Å². The van der Waals surface area contributed by atoms with Gasteiger partial charge in [-0.15, -0.1) is 0 Å². The second-order valence-electron chi connectivity index (χ2n) is 5.14. The molecule has 2 N–H and O–H groups in total. The molecule has 1 amide bonds. The number of benzene rings is 1. The van der Waals surface area contributed by atoms with Gasteiger partial charge in [0.1, 0.15) is 0 Å². The van der Waals surface area contributed by atoms with Crippen molar-refractivity contribution in [1.82, 2.24) is 5.32 Å². The van der Waals surface area contributed by atoms with E-state index in [0.717, 1.165) is 49.2 Å². The Morgan fingerprint density at radius 3 is 2.62 bits per heavy atom. The first-order valence-corrected chi connectivity index (χ1v) is 7.89. The summed E-state index contributed by atoms with van der Waals surface area (Å²) in [6.07, 6.45) is 3.10. The SMILES string of the molecule is CCCCOCCCNC(=O)c1ccc(NCC)cc1C. The van der Waals surface area contributed by atoms with Gasteiger partial charge >= 0.3 is 0 Å². The third-order valence-corrected chi connectivity index (χ3v) is 3.25. The Bertz CT molecular complexity index is 433. The smallest absolute Gasteiger partial charge is 0.251 e. The van der Waals surface area contributed by atoms with E-state index >= 15 is 0 Å². The summed E-state index contributed by atoms with van der Waals surface area (Å²) in [5.41, 5.74) is 2.78. The first-order chi connectivity index (χ1) is 10.2. The Balaban J connectivity index is 2.32. The molecule has 0 radical (unpaired) electrons. The number of nitrogens with one attached hydrogen (secondary N) is 2. The molecule has 0 atom stereocenters. The molecule has 0 saturated carbocycles. The lowest BCUT2D eigenvalue weighted by molar-refractivity contribution is 0.0940. The van der Waals surface area contributed by atoms with E-state index in [0.29, 0.717) is 13.2 Å². The van der Waals surface area contributed by atoms with Crippen LogP contribution < -0.4 is 10.6 Å². The monoisotopic (exact) mass is 292 g/mol. The van der Waals surface area contributed by atoms with Gasteiger partial charge in [-0.1, -0.05) is 13.3 Å². The van der Waals surface area contributed by atoms with E-state index in [4.69, 9.17) is 4.74 Å². The lowest BCUT2D eigenvalue weighted by atomic mass is 10.1. The van der Waals surface area contributed by atoms with Crippen molar-refractivity contribution < 1.29 is 9.53 Å². The zero-order valence-corrected chi connectivity index (χ0v) is 13.5. The van der Waals surface area contributed by atoms with Crippen LogP contribution in [0.25, 0.3) is 0 Å². The van der Waals surface area contributed by atoms with Crippen LogP contribution in [0.1, 0.15) is 49.0 Å². The van der Waals surface area contributed by atoms with Gasteiger partial charge in [-0.2, -0.15) is 0 Å². The molecule has 1 aromatic carbocycles. The summed E-state index contributed by atoms with van der Waals surface area (Å²) in [6, 6.07) is 5.83. The average molecular weight is 292 g/mol. The number of hydrogen-bond acceptors (Lipinski definition) is 3. The summed E-state index contributed by atoms with van der Waals surface area (Å²) in [7, 11) is 0. The van der Waals surface area contributed by atoms with Gasteiger partial charge in [0, 0.05) is 37.6 Å². The minimum absolute atomic E-state index is 0.0101. The fraction of sp³-hybridized carbons (Fsp3) is 0.588. The molecule has 118 valence electrons. The van der Waals surface area contributed by atoms with Gasteiger partial charge in [-0.3, -0.25) is 4.79 Å². The van der Waals surface area contributed by atoms with Gasteiger partial charge in [0.15, 0.2) is 0 Å². The van der Waals surface area contributed by atoms with Crippen molar-refractivity contribution in [3.05, 3.63) is 29.3 Å². The highest BCUT2D eigenvalue weighted by atomic mass is 16.5. The molecular formula is C17H28N2O2. The Morgan fingerprint density at radius 1 is 1.19 bits per heavy atom. The molecule has 0 saturated heterocycles. The first kappa shape index (κ1) is 17.5. The van der Waals surface area contributed by atoms with Crippen LogP contribution in [-0.2, 0) is 4.74 Å². The maximum Gasteiger partial charge on any atom is 0.251 e. The number of unbranched alkanes of at least 4 members (excludes halogenated alkanes) is 1. The minimum atomic E-state index is -0.0101. The summed E-state index contributed by atoms with van der Waals surface area (Å²) in [6.45, 7) is 9.21. The summed E-state index contributed by atoms with van der Waals surface area (Å²) < 4.78 is 5.47. The molecule has 0 heterocycles. The van der Waals surface area contributed by atoms with Crippen molar-refractivity contribution in [2.24, 2.45) is 0 Å². The number of ether oxygens (including phenoxy) is 1. The van der Waals surface area contributed by atoms with E-state index in [1.54, 1.807) is 0 Å². The number of hydrogen-bond donors (Lipinski definition) is 2. The second-order valence-corrected chi connectivity index (χ2v) is 5.14. The Labute approximate surface area is 128 Å². The fourth-order valence-corrected chi connectivity index (χ4v) is 2.05. The Kier molecular flexibility index (Phi) is 8.51. The lowest BCUT2D eigenvalue weighted by Crippen LogP contribution is -2.26. The van der Waals surface area contributed by atoms with Crippen LogP contribution in [0, 0.1) is 6.92 Å². The van der Waals surface area contributed by atoms with Crippen LogP contribution in [0.3, 0.4) is 0 Å². The quantitative estimate of drug-likeness (QED) is 0.650. The average Bonchev–Trinajstić information content (AvgIpc) is 2.46. The third kappa shape index (κ3) is 6.63. The van der Waals surface area contributed by atoms with Crippen molar-refractivity contribution in [3.8, 4) is 0 Å². The highest BCUT2D eigenvalue weighted by Gasteiger charge is 2.08. The summed E-state index contributed by atoms with van der Waals surface area (Å²) >= 11 is 0. The Morgan fingerprint density at radius 2 is 1.95 bits per heavy atom. The van der Waals surface area contributed by atoms with E-state index < -0.39 is 0 Å². The van der Waals surface area contributed by atoms with Crippen LogP contribution >= 0.6 is 0 Å². The number of carbonyl (C=O) groups excluding carboxylic acids is 1. The summed E-state index contributed by atoms with van der Waals surface area (Å²) in [4.78, 5) is 12.1. The van der Waals surface area contributed by atoms with Crippen LogP contribution in [0.2, 0.25) is 0 Å². The largest absolute Gasteiger partial charge is 0.385 e. The first-order valence-electron chi connectivity index (χ1n) is 7.89. The minimum Gasteiger partial charge on any atom is -0.385 e. The molecule has 0 aromatic heterocycles. The highest BCUT2D eigenvalue weighted by molar-refractivity contribution is 5.96. The zero-order chi connectivity index (χ0) is 15.5. The zero-order valence-electron chi connectivity index (χ0n) is 13.5. The highest BCUT2D eigenvalue weighted by Crippen LogP contribution is 2.14. The van der Waals surface area contributed by atoms with E-state index in [9.17, 15) is 4.79 Å². The van der Waals surface area contributed by atoms with E-state index in [-0.39, 0.29) is 5.91 Å². The lowest BCUT2D eigenvalue weighted by Gasteiger charge is -2.10. The fourth-order valence-electron chi connectivity index (χ4n) is 2.05. The van der Waals surface area contributed by atoms with E-state index in [1.807, 2.05) is 25.1 Å². The Hall–Kier alpha value is -1.55.